The van der Waals surface area contributed by atoms with Gasteiger partial charge >= 0.3 is 0 Å². The maximum absolute atomic E-state index is 12.8. The lowest BCUT2D eigenvalue weighted by atomic mass is 10.1. The fraction of sp³-hybridized carbons (Fsp3) is 0.500. The summed E-state index contributed by atoms with van der Waals surface area (Å²) in [6, 6.07) is 4.37. The number of sulfonamides is 1. The van der Waals surface area contributed by atoms with E-state index in [1.54, 1.807) is 0 Å². The molecule has 1 saturated heterocycles. The van der Waals surface area contributed by atoms with Gasteiger partial charge in [-0.05, 0) is 31.2 Å². The Morgan fingerprint density at radius 3 is 2.71 bits per heavy atom. The Morgan fingerprint density at radius 2 is 2.07 bits per heavy atom. The molecular weight excluding hydrogens is 406 g/mol. The van der Waals surface area contributed by atoms with E-state index in [0.29, 0.717) is 38.6 Å². The summed E-state index contributed by atoms with van der Waals surface area (Å²) in [7, 11) is -2.22. The summed E-state index contributed by atoms with van der Waals surface area (Å²) in [4.78, 5) is 12.7. The zero-order chi connectivity index (χ0) is 19.3. The van der Waals surface area contributed by atoms with Crippen molar-refractivity contribution in [3.8, 4) is 5.75 Å². The molecule has 28 heavy (non-hydrogen) atoms. The van der Waals surface area contributed by atoms with Gasteiger partial charge < -0.3 is 20.1 Å². The molecule has 0 saturated carbocycles. The molecule has 0 atom stereocenters. The second-order valence-corrected chi connectivity index (χ2v) is 8.32. The molecule has 156 valence electrons. The average molecular weight is 432 g/mol. The summed E-state index contributed by atoms with van der Waals surface area (Å²) in [5.41, 5.74) is 1.36. The Bertz CT molecular complexity index is 823. The largest absolute Gasteiger partial charge is 0.496 e. The average Bonchev–Trinajstić information content (AvgIpc) is 2.73. The predicted octanol–water partition coefficient (Wildman–Crippen LogP) is 0.787. The number of hydrogen-bond acceptors (Lipinski definition) is 6. The van der Waals surface area contributed by atoms with Gasteiger partial charge in [-0.3, -0.25) is 4.79 Å². The number of nitrogens with one attached hydrogen (secondary N) is 2. The molecule has 1 fully saturated rings. The minimum Gasteiger partial charge on any atom is -0.496 e. The van der Waals surface area contributed by atoms with Gasteiger partial charge in [-0.2, -0.15) is 4.31 Å². The first-order chi connectivity index (χ1) is 13.0. The standard InChI is InChI=1S/C18H25N3O5S.ClH/c1-25-17-3-2-15(27(23,24)21-8-10-26-11-9-21)12-16(17)18(22)20-13-14-4-6-19-7-5-14;/h2-4,12,19H,5-11,13H2,1H3,(H,20,22);1H. The molecule has 0 aliphatic carbocycles. The first-order valence-electron chi connectivity index (χ1n) is 8.95. The van der Waals surface area contributed by atoms with Crippen molar-refractivity contribution in [2.75, 3.05) is 53.0 Å². The topological polar surface area (TPSA) is 97.0 Å². The first kappa shape index (κ1) is 22.6. The molecule has 2 N–H and O–H groups in total. The Kier molecular flexibility index (Phi) is 8.26. The number of morpholine rings is 1. The van der Waals surface area contributed by atoms with E-state index in [4.69, 9.17) is 9.47 Å². The van der Waals surface area contributed by atoms with E-state index in [-0.39, 0.29) is 28.8 Å². The van der Waals surface area contributed by atoms with Crippen molar-refractivity contribution in [2.45, 2.75) is 11.3 Å². The third kappa shape index (κ3) is 5.24. The van der Waals surface area contributed by atoms with Crippen molar-refractivity contribution in [1.82, 2.24) is 14.9 Å². The number of nitrogens with zero attached hydrogens (tertiary/aromatic N) is 1. The molecule has 2 aliphatic heterocycles. The van der Waals surface area contributed by atoms with Crippen LogP contribution in [-0.4, -0.2) is 71.7 Å². The van der Waals surface area contributed by atoms with Crippen molar-refractivity contribution in [1.29, 1.82) is 0 Å². The van der Waals surface area contributed by atoms with Crippen molar-refractivity contribution < 1.29 is 22.7 Å². The second-order valence-electron chi connectivity index (χ2n) is 6.38. The zero-order valence-electron chi connectivity index (χ0n) is 15.8. The lowest BCUT2D eigenvalue weighted by molar-refractivity contribution is 0.0730. The molecule has 2 heterocycles. The van der Waals surface area contributed by atoms with Crippen molar-refractivity contribution >= 4 is 28.3 Å². The highest BCUT2D eigenvalue weighted by Gasteiger charge is 2.28. The van der Waals surface area contributed by atoms with E-state index in [0.717, 1.165) is 25.1 Å². The van der Waals surface area contributed by atoms with Crippen LogP contribution in [0.5, 0.6) is 5.75 Å². The smallest absolute Gasteiger partial charge is 0.255 e. The summed E-state index contributed by atoms with van der Waals surface area (Å²) in [5, 5.41) is 6.08. The van der Waals surface area contributed by atoms with E-state index in [1.165, 1.54) is 29.6 Å². The fourth-order valence-electron chi connectivity index (χ4n) is 3.08. The van der Waals surface area contributed by atoms with Crippen LogP contribution in [0.25, 0.3) is 0 Å². The van der Waals surface area contributed by atoms with Gasteiger partial charge in [0.25, 0.3) is 5.91 Å². The summed E-state index contributed by atoms with van der Waals surface area (Å²) < 4.78 is 37.5. The highest BCUT2D eigenvalue weighted by Crippen LogP contribution is 2.25. The Balaban J connectivity index is 0.00000280. The Labute approximate surface area is 171 Å². The maximum atomic E-state index is 12.8. The van der Waals surface area contributed by atoms with Crippen LogP contribution in [0.15, 0.2) is 34.7 Å². The third-order valence-electron chi connectivity index (χ3n) is 4.66. The fourth-order valence-corrected chi connectivity index (χ4v) is 4.51. The number of ether oxygens (including phenoxy) is 2. The van der Waals surface area contributed by atoms with Gasteiger partial charge in [0.2, 0.25) is 10.0 Å². The molecule has 1 aromatic carbocycles. The first-order valence-corrected chi connectivity index (χ1v) is 10.4. The number of hydrogen-bond donors (Lipinski definition) is 2. The second kappa shape index (κ2) is 10.2. The number of carbonyl (C=O) groups is 1. The van der Waals surface area contributed by atoms with Crippen LogP contribution in [0.2, 0.25) is 0 Å². The number of amides is 1. The normalized spacial score (nSPS) is 18.0. The molecule has 3 rings (SSSR count). The van der Waals surface area contributed by atoms with Crippen molar-refractivity contribution in [3.05, 3.63) is 35.4 Å². The SMILES string of the molecule is COc1ccc(S(=O)(=O)N2CCOCC2)cc1C(=O)NCC1=CCNCC1.Cl. The summed E-state index contributed by atoms with van der Waals surface area (Å²) in [5.74, 6) is -0.0157. The van der Waals surface area contributed by atoms with Crippen molar-refractivity contribution in [3.63, 3.8) is 0 Å². The van der Waals surface area contributed by atoms with E-state index < -0.39 is 10.0 Å². The third-order valence-corrected chi connectivity index (χ3v) is 6.55. The van der Waals surface area contributed by atoms with Crippen LogP contribution in [0, 0.1) is 0 Å². The quantitative estimate of drug-likeness (QED) is 0.646. The minimum absolute atomic E-state index is 0. The maximum Gasteiger partial charge on any atom is 0.255 e. The van der Waals surface area contributed by atoms with Gasteiger partial charge in [0.05, 0.1) is 30.8 Å². The van der Waals surface area contributed by atoms with Gasteiger partial charge in [-0.1, -0.05) is 11.6 Å². The molecule has 8 nitrogen and oxygen atoms in total. The van der Waals surface area contributed by atoms with Crippen LogP contribution in [0.1, 0.15) is 16.8 Å². The molecule has 0 spiro atoms. The number of methoxy groups -OCH3 is 1. The summed E-state index contributed by atoms with van der Waals surface area (Å²) in [6.45, 7) is 3.46. The Morgan fingerprint density at radius 1 is 1.32 bits per heavy atom. The van der Waals surface area contributed by atoms with Gasteiger partial charge in [0.1, 0.15) is 5.75 Å². The summed E-state index contributed by atoms with van der Waals surface area (Å²) in [6.07, 6.45) is 2.93. The molecule has 0 unspecified atom stereocenters. The number of carbonyl (C=O) groups excluding carboxylic acids is 1. The molecule has 0 bridgehead atoms. The van der Waals surface area contributed by atoms with E-state index in [9.17, 15) is 13.2 Å². The van der Waals surface area contributed by atoms with Gasteiger partial charge in [0.15, 0.2) is 0 Å². The molecule has 1 amide bonds. The van der Waals surface area contributed by atoms with Crippen LogP contribution < -0.4 is 15.4 Å². The van der Waals surface area contributed by atoms with Gasteiger partial charge in [-0.25, -0.2) is 8.42 Å². The van der Waals surface area contributed by atoms with Crippen molar-refractivity contribution in [2.24, 2.45) is 0 Å². The van der Waals surface area contributed by atoms with Crippen LogP contribution in [0.3, 0.4) is 0 Å². The predicted molar refractivity (Wildman–Crippen MR) is 108 cm³/mol. The highest BCUT2D eigenvalue weighted by molar-refractivity contribution is 7.89. The van der Waals surface area contributed by atoms with Crippen LogP contribution >= 0.6 is 12.4 Å². The molecular formula is C18H26ClN3O5S. The lowest BCUT2D eigenvalue weighted by Crippen LogP contribution is -2.40. The monoisotopic (exact) mass is 431 g/mol. The molecule has 10 heteroatoms. The number of rotatable bonds is 6. The van der Waals surface area contributed by atoms with Gasteiger partial charge in [0, 0.05) is 26.2 Å². The summed E-state index contributed by atoms with van der Waals surface area (Å²) >= 11 is 0. The molecule has 0 radical (unpaired) electrons. The number of halogens is 1. The zero-order valence-corrected chi connectivity index (χ0v) is 17.4. The minimum atomic E-state index is -3.68. The molecule has 1 aromatic rings. The highest BCUT2D eigenvalue weighted by atomic mass is 35.5. The van der Waals surface area contributed by atoms with E-state index >= 15 is 0 Å². The lowest BCUT2D eigenvalue weighted by Gasteiger charge is -2.26. The molecule has 0 aromatic heterocycles. The van der Waals surface area contributed by atoms with E-state index in [2.05, 4.69) is 16.7 Å². The molecule has 2 aliphatic rings. The van der Waals surface area contributed by atoms with Gasteiger partial charge in [-0.15, -0.1) is 12.4 Å². The van der Waals surface area contributed by atoms with E-state index in [1.807, 2.05) is 0 Å². The van der Waals surface area contributed by atoms with Crippen LogP contribution in [0.4, 0.5) is 0 Å². The number of benzene rings is 1. The Hall–Kier alpha value is -1.65. The van der Waals surface area contributed by atoms with Crippen LogP contribution in [-0.2, 0) is 14.8 Å².